The summed E-state index contributed by atoms with van der Waals surface area (Å²) in [5.74, 6) is -0.328. The minimum Gasteiger partial charge on any atom is -0.486 e. The van der Waals surface area contributed by atoms with Gasteiger partial charge in [-0.15, -0.1) is 0 Å². The number of amides is 3. The zero-order chi connectivity index (χ0) is 24.9. The molecule has 12 heteroatoms. The van der Waals surface area contributed by atoms with Crippen LogP contribution in [0.5, 0.6) is 17.2 Å². The molecule has 0 unspecified atom stereocenters. The number of halogens is 1. The average Bonchev–Trinajstić information content (AvgIpc) is 3.10. The van der Waals surface area contributed by atoms with Gasteiger partial charge >= 0.3 is 5.97 Å². The Morgan fingerprint density at radius 2 is 1.91 bits per heavy atom. The smallest absolute Gasteiger partial charge is 0.343 e. The fourth-order valence-corrected chi connectivity index (χ4v) is 4.41. The molecule has 10 nitrogen and oxygen atoms in total. The molecule has 3 amide bonds. The van der Waals surface area contributed by atoms with Gasteiger partial charge in [0.05, 0.1) is 12.0 Å². The van der Waals surface area contributed by atoms with Gasteiger partial charge in [-0.25, -0.2) is 4.79 Å². The minimum atomic E-state index is -0.615. The fraction of sp³-hybridized carbons (Fsp3) is 0.217. The Labute approximate surface area is 212 Å². The van der Waals surface area contributed by atoms with Crippen LogP contribution in [-0.4, -0.2) is 61.4 Å². The van der Waals surface area contributed by atoms with E-state index >= 15 is 0 Å². The Bertz CT molecular complexity index is 1230. The number of thioether (sulfide) groups is 1. The van der Waals surface area contributed by atoms with E-state index in [2.05, 4.69) is 26.0 Å². The highest BCUT2D eigenvalue weighted by Gasteiger charge is 2.36. The molecule has 4 rings (SSSR count). The molecule has 0 aliphatic carbocycles. The predicted molar refractivity (Wildman–Crippen MR) is 130 cm³/mol. The summed E-state index contributed by atoms with van der Waals surface area (Å²) in [6.45, 7) is 0.0757. The highest BCUT2D eigenvalue weighted by molar-refractivity contribution is 9.10. The molecule has 182 valence electrons. The Kier molecular flexibility index (Phi) is 7.61. The summed E-state index contributed by atoms with van der Waals surface area (Å²) in [4.78, 5) is 50.3. The van der Waals surface area contributed by atoms with Gasteiger partial charge in [0.25, 0.3) is 11.1 Å². The monoisotopic (exact) mass is 562 g/mol. The summed E-state index contributed by atoms with van der Waals surface area (Å²) in [5.41, 5.74) is 0.915. The number of nitrogens with zero attached hydrogens (tertiary/aromatic N) is 1. The first kappa shape index (κ1) is 24.6. The second-order valence-corrected chi connectivity index (χ2v) is 9.13. The van der Waals surface area contributed by atoms with E-state index in [9.17, 15) is 19.2 Å². The molecular formula is C23H19BrN2O8S. The first-order valence-corrected chi connectivity index (χ1v) is 11.9. The van der Waals surface area contributed by atoms with Gasteiger partial charge in [0, 0.05) is 21.8 Å². The predicted octanol–water partition coefficient (Wildman–Crippen LogP) is 3.45. The van der Waals surface area contributed by atoms with E-state index in [4.69, 9.17) is 14.2 Å². The lowest BCUT2D eigenvalue weighted by molar-refractivity contribution is -0.142. The second kappa shape index (κ2) is 10.8. The number of hydrogen-bond donors (Lipinski definition) is 1. The summed E-state index contributed by atoms with van der Waals surface area (Å²) >= 11 is 4.06. The molecule has 0 aromatic heterocycles. The maximum atomic E-state index is 12.9. The number of imide groups is 1. The topological polar surface area (TPSA) is 120 Å². The van der Waals surface area contributed by atoms with E-state index in [0.29, 0.717) is 57.9 Å². The number of hydrogen-bond acceptors (Lipinski definition) is 9. The SMILES string of the molecule is COC(=O)COc1ccc(Br)cc1/C=C1\SC(=O)N(CC(=O)Nc2ccc3c(c2)OCCO3)C1=O. The summed E-state index contributed by atoms with van der Waals surface area (Å²) in [7, 11) is 1.24. The second-order valence-electron chi connectivity index (χ2n) is 7.22. The summed E-state index contributed by atoms with van der Waals surface area (Å²) in [5, 5.41) is 2.08. The van der Waals surface area contributed by atoms with Crippen molar-refractivity contribution < 1.29 is 38.1 Å². The molecule has 2 aromatic carbocycles. The largest absolute Gasteiger partial charge is 0.486 e. The molecule has 0 bridgehead atoms. The van der Waals surface area contributed by atoms with Gasteiger partial charge in [0.15, 0.2) is 18.1 Å². The number of methoxy groups -OCH3 is 1. The zero-order valence-corrected chi connectivity index (χ0v) is 20.8. The number of esters is 1. The van der Waals surface area contributed by atoms with Crippen molar-refractivity contribution in [3.05, 3.63) is 51.3 Å². The normalized spacial score (nSPS) is 15.8. The van der Waals surface area contributed by atoms with E-state index in [1.165, 1.54) is 13.2 Å². The first-order chi connectivity index (χ1) is 16.8. The Hall–Kier alpha value is -3.51. The maximum Gasteiger partial charge on any atom is 0.343 e. The highest BCUT2D eigenvalue weighted by Crippen LogP contribution is 2.35. The lowest BCUT2D eigenvalue weighted by Gasteiger charge is -2.19. The van der Waals surface area contributed by atoms with Crippen molar-refractivity contribution in [3.8, 4) is 17.2 Å². The number of ether oxygens (including phenoxy) is 4. The number of nitrogens with one attached hydrogen (secondary N) is 1. The Morgan fingerprint density at radius 1 is 1.14 bits per heavy atom. The summed E-state index contributed by atoms with van der Waals surface area (Å²) in [6, 6.07) is 9.92. The van der Waals surface area contributed by atoms with E-state index < -0.39 is 29.6 Å². The maximum absolute atomic E-state index is 12.9. The third-order valence-electron chi connectivity index (χ3n) is 4.83. The van der Waals surface area contributed by atoms with E-state index in [0.717, 1.165) is 4.90 Å². The fourth-order valence-electron chi connectivity index (χ4n) is 3.20. The van der Waals surface area contributed by atoms with E-state index in [1.807, 2.05) is 0 Å². The lowest BCUT2D eigenvalue weighted by atomic mass is 10.2. The van der Waals surface area contributed by atoms with Crippen molar-refractivity contribution in [2.24, 2.45) is 0 Å². The average molecular weight is 563 g/mol. The molecule has 0 spiro atoms. The lowest BCUT2D eigenvalue weighted by Crippen LogP contribution is -2.36. The van der Waals surface area contributed by atoms with E-state index in [-0.39, 0.29) is 11.5 Å². The standard InChI is InChI=1S/C23H19BrN2O8S/c1-31-21(28)12-34-16-4-2-14(24)8-13(16)9-19-22(29)26(23(30)35-19)11-20(27)25-15-3-5-17-18(10-15)33-7-6-32-17/h2-5,8-10H,6-7,11-12H2,1H3,(H,25,27)/b19-9-. The van der Waals surface area contributed by atoms with Crippen LogP contribution in [0.25, 0.3) is 6.08 Å². The third kappa shape index (κ3) is 5.95. The van der Waals surface area contributed by atoms with Gasteiger partial charge in [0.2, 0.25) is 5.91 Å². The molecule has 1 fully saturated rings. The van der Waals surface area contributed by atoms with Gasteiger partial charge in [-0.05, 0) is 48.2 Å². The molecule has 0 saturated carbocycles. The molecule has 2 heterocycles. The van der Waals surface area contributed by atoms with E-state index in [1.54, 1.807) is 36.4 Å². The Balaban J connectivity index is 1.45. The van der Waals surface area contributed by atoms with Crippen LogP contribution in [0.3, 0.4) is 0 Å². The van der Waals surface area contributed by atoms with Crippen molar-refractivity contribution in [3.63, 3.8) is 0 Å². The van der Waals surface area contributed by atoms with Gasteiger partial charge in [-0.3, -0.25) is 19.3 Å². The van der Waals surface area contributed by atoms with Crippen molar-refractivity contribution in [1.29, 1.82) is 0 Å². The van der Waals surface area contributed by atoms with Gasteiger partial charge < -0.3 is 24.3 Å². The van der Waals surface area contributed by atoms with Gasteiger partial charge in [-0.1, -0.05) is 15.9 Å². The molecular weight excluding hydrogens is 544 g/mol. The number of fused-ring (bicyclic) bond motifs is 1. The van der Waals surface area contributed by atoms with Crippen LogP contribution in [-0.2, 0) is 19.1 Å². The number of benzene rings is 2. The minimum absolute atomic E-state index is 0.114. The highest BCUT2D eigenvalue weighted by atomic mass is 79.9. The molecule has 0 radical (unpaired) electrons. The molecule has 0 atom stereocenters. The molecule has 2 aliphatic heterocycles. The van der Waals surface area contributed by atoms with Crippen LogP contribution in [0.2, 0.25) is 0 Å². The van der Waals surface area contributed by atoms with Crippen molar-refractivity contribution >= 4 is 62.5 Å². The number of anilines is 1. The quantitative estimate of drug-likeness (QED) is 0.399. The third-order valence-corrected chi connectivity index (χ3v) is 6.23. The van der Waals surface area contributed by atoms with Crippen LogP contribution in [0.15, 0.2) is 45.8 Å². The van der Waals surface area contributed by atoms with Crippen LogP contribution < -0.4 is 19.5 Å². The van der Waals surface area contributed by atoms with Gasteiger partial charge in [0.1, 0.15) is 25.5 Å². The van der Waals surface area contributed by atoms with Crippen LogP contribution in [0.4, 0.5) is 10.5 Å². The molecule has 2 aromatic rings. The molecule has 35 heavy (non-hydrogen) atoms. The molecule has 2 aliphatic rings. The van der Waals surface area contributed by atoms with Crippen molar-refractivity contribution in [2.45, 2.75) is 0 Å². The zero-order valence-electron chi connectivity index (χ0n) is 18.4. The number of carbonyl (C=O) groups excluding carboxylic acids is 4. The summed E-state index contributed by atoms with van der Waals surface area (Å²) < 4.78 is 21.7. The van der Waals surface area contributed by atoms with Crippen LogP contribution in [0, 0.1) is 0 Å². The van der Waals surface area contributed by atoms with Crippen LogP contribution >= 0.6 is 27.7 Å². The van der Waals surface area contributed by atoms with Gasteiger partial charge in [-0.2, -0.15) is 0 Å². The van der Waals surface area contributed by atoms with Crippen LogP contribution in [0.1, 0.15) is 5.56 Å². The van der Waals surface area contributed by atoms with Crippen molar-refractivity contribution in [2.75, 3.05) is 38.8 Å². The first-order valence-electron chi connectivity index (χ1n) is 10.3. The molecule has 1 N–H and O–H groups in total. The molecule has 1 saturated heterocycles. The number of carbonyl (C=O) groups is 4. The Morgan fingerprint density at radius 3 is 2.69 bits per heavy atom. The number of rotatable bonds is 7. The summed E-state index contributed by atoms with van der Waals surface area (Å²) in [6.07, 6.45) is 1.47. The van der Waals surface area contributed by atoms with Crippen molar-refractivity contribution in [1.82, 2.24) is 4.90 Å².